The monoisotopic (exact) mass is 555 g/mol. The van der Waals surface area contributed by atoms with E-state index in [1.54, 1.807) is 68.6 Å². The Bertz CT molecular complexity index is 1330. The summed E-state index contributed by atoms with van der Waals surface area (Å²) in [6, 6.07) is 18.9. The van der Waals surface area contributed by atoms with Crippen LogP contribution in [0.2, 0.25) is 0 Å². The Hall–Kier alpha value is -3.92. The number of halogens is 1. The summed E-state index contributed by atoms with van der Waals surface area (Å²) in [6.45, 7) is 3.71. The van der Waals surface area contributed by atoms with Gasteiger partial charge in [-0.15, -0.1) is 0 Å². The van der Waals surface area contributed by atoms with E-state index < -0.39 is 34.3 Å². The van der Waals surface area contributed by atoms with Gasteiger partial charge in [0.05, 0.1) is 17.7 Å². The number of nitrogens with zero attached hydrogens (tertiary/aromatic N) is 2. The lowest BCUT2D eigenvalue weighted by Crippen LogP contribution is -2.52. The number of hydrogen-bond acceptors (Lipinski definition) is 5. The molecule has 0 radical (unpaired) electrons. The first kappa shape index (κ1) is 29.6. The fourth-order valence-electron chi connectivity index (χ4n) is 4.07. The highest BCUT2D eigenvalue weighted by Crippen LogP contribution is 2.25. The van der Waals surface area contributed by atoms with Gasteiger partial charge in [0, 0.05) is 13.1 Å². The molecule has 3 rings (SSSR count). The fourth-order valence-corrected chi connectivity index (χ4v) is 5.48. The van der Waals surface area contributed by atoms with Crippen molar-refractivity contribution in [1.82, 2.24) is 10.2 Å². The van der Waals surface area contributed by atoms with Crippen LogP contribution >= 0.6 is 0 Å². The topological polar surface area (TPSA) is 96.0 Å². The molecule has 0 saturated heterocycles. The molecule has 0 aliphatic heterocycles. The van der Waals surface area contributed by atoms with E-state index in [4.69, 9.17) is 4.74 Å². The zero-order valence-corrected chi connectivity index (χ0v) is 23.2. The van der Waals surface area contributed by atoms with Crippen LogP contribution in [0.25, 0.3) is 0 Å². The third kappa shape index (κ3) is 7.57. The van der Waals surface area contributed by atoms with Crippen molar-refractivity contribution < 1.29 is 27.1 Å². The molecule has 0 aromatic heterocycles. The molecule has 3 aromatic rings. The molecule has 0 bridgehead atoms. The lowest BCUT2D eigenvalue weighted by Gasteiger charge is -2.33. The van der Waals surface area contributed by atoms with E-state index in [0.29, 0.717) is 18.7 Å². The summed E-state index contributed by atoms with van der Waals surface area (Å²) in [4.78, 5) is 28.3. The van der Waals surface area contributed by atoms with E-state index in [9.17, 15) is 22.4 Å². The van der Waals surface area contributed by atoms with Gasteiger partial charge in [-0.05, 0) is 66.9 Å². The highest BCUT2D eigenvalue weighted by Gasteiger charge is 2.33. The third-order valence-corrected chi connectivity index (χ3v) is 7.96. The Labute approximate surface area is 229 Å². The maximum atomic E-state index is 13.9. The van der Waals surface area contributed by atoms with Gasteiger partial charge in [0.1, 0.15) is 24.2 Å². The van der Waals surface area contributed by atoms with E-state index >= 15 is 0 Å². The summed E-state index contributed by atoms with van der Waals surface area (Å²) in [6.07, 6.45) is 1.06. The zero-order valence-electron chi connectivity index (χ0n) is 22.3. The molecule has 0 unspecified atom stereocenters. The average Bonchev–Trinajstić information content (AvgIpc) is 2.95. The number of rotatable bonds is 13. The van der Waals surface area contributed by atoms with Gasteiger partial charge >= 0.3 is 0 Å². The Balaban J connectivity index is 2.01. The number of sulfonamides is 1. The Kier molecular flexibility index (Phi) is 10.4. The lowest BCUT2D eigenvalue weighted by atomic mass is 10.1. The summed E-state index contributed by atoms with van der Waals surface area (Å²) in [5, 5.41) is 2.85. The molecule has 208 valence electrons. The number of nitrogens with one attached hydrogen (secondary N) is 1. The first-order chi connectivity index (χ1) is 18.7. The smallest absolute Gasteiger partial charge is 0.264 e. The summed E-state index contributed by atoms with van der Waals surface area (Å²) >= 11 is 0. The van der Waals surface area contributed by atoms with Crippen molar-refractivity contribution in [2.24, 2.45) is 0 Å². The van der Waals surface area contributed by atoms with Gasteiger partial charge in [-0.2, -0.15) is 0 Å². The summed E-state index contributed by atoms with van der Waals surface area (Å²) in [5.74, 6) is -0.802. The molecular formula is C29H34FN3O5S. The number of ether oxygens (including phenoxy) is 1. The predicted molar refractivity (Wildman–Crippen MR) is 148 cm³/mol. The number of methoxy groups -OCH3 is 1. The molecule has 8 nitrogen and oxygen atoms in total. The van der Waals surface area contributed by atoms with Crippen molar-refractivity contribution in [2.45, 2.75) is 44.2 Å². The maximum Gasteiger partial charge on any atom is 0.264 e. The van der Waals surface area contributed by atoms with Crippen LogP contribution in [-0.2, 0) is 26.2 Å². The van der Waals surface area contributed by atoms with Crippen LogP contribution in [0.1, 0.15) is 32.3 Å². The summed E-state index contributed by atoms with van der Waals surface area (Å²) in [5.41, 5.74) is 1.02. The van der Waals surface area contributed by atoms with Crippen molar-refractivity contribution >= 4 is 27.5 Å². The first-order valence-corrected chi connectivity index (χ1v) is 14.2. The highest BCUT2D eigenvalue weighted by molar-refractivity contribution is 7.92. The Morgan fingerprint density at radius 3 is 2.15 bits per heavy atom. The van der Waals surface area contributed by atoms with E-state index in [1.807, 2.05) is 6.92 Å². The van der Waals surface area contributed by atoms with Crippen LogP contribution in [0.3, 0.4) is 0 Å². The summed E-state index contributed by atoms with van der Waals surface area (Å²) < 4.78 is 47.1. The molecule has 0 fully saturated rings. The maximum absolute atomic E-state index is 13.9. The number of amides is 2. The number of para-hydroxylation sites is 1. The van der Waals surface area contributed by atoms with Crippen molar-refractivity contribution in [3.63, 3.8) is 0 Å². The van der Waals surface area contributed by atoms with E-state index in [1.165, 1.54) is 4.90 Å². The van der Waals surface area contributed by atoms with E-state index in [-0.39, 0.29) is 23.0 Å². The van der Waals surface area contributed by atoms with Gasteiger partial charge in [0.15, 0.2) is 0 Å². The predicted octanol–water partition coefficient (Wildman–Crippen LogP) is 4.36. The van der Waals surface area contributed by atoms with Gasteiger partial charge in [0.25, 0.3) is 10.0 Å². The van der Waals surface area contributed by atoms with Gasteiger partial charge in [-0.3, -0.25) is 13.9 Å². The van der Waals surface area contributed by atoms with Crippen LogP contribution < -0.4 is 14.4 Å². The molecule has 3 aromatic carbocycles. The van der Waals surface area contributed by atoms with Gasteiger partial charge < -0.3 is 15.0 Å². The minimum absolute atomic E-state index is 0.0834. The number of carbonyl (C=O) groups is 2. The van der Waals surface area contributed by atoms with Crippen LogP contribution in [0, 0.1) is 5.82 Å². The van der Waals surface area contributed by atoms with Gasteiger partial charge in [-0.25, -0.2) is 12.8 Å². The third-order valence-electron chi connectivity index (χ3n) is 6.17. The van der Waals surface area contributed by atoms with Crippen LogP contribution in [-0.4, -0.2) is 51.4 Å². The molecule has 0 saturated carbocycles. The molecule has 0 spiro atoms. The van der Waals surface area contributed by atoms with Gasteiger partial charge in [0.2, 0.25) is 11.8 Å². The summed E-state index contributed by atoms with van der Waals surface area (Å²) in [7, 11) is -2.69. The Morgan fingerprint density at radius 1 is 0.949 bits per heavy atom. The average molecular weight is 556 g/mol. The van der Waals surface area contributed by atoms with Crippen LogP contribution in [0.5, 0.6) is 5.75 Å². The van der Waals surface area contributed by atoms with Crippen molar-refractivity contribution in [3.8, 4) is 5.75 Å². The molecule has 0 aliphatic carbocycles. The second-order valence-corrected chi connectivity index (χ2v) is 10.7. The minimum atomic E-state index is -4.25. The van der Waals surface area contributed by atoms with Crippen molar-refractivity contribution in [3.05, 3.63) is 90.2 Å². The number of anilines is 1. The molecule has 39 heavy (non-hydrogen) atoms. The first-order valence-electron chi connectivity index (χ1n) is 12.7. The normalized spacial score (nSPS) is 11.9. The molecular weight excluding hydrogens is 521 g/mol. The number of hydrogen-bond donors (Lipinski definition) is 1. The number of carbonyl (C=O) groups excluding carboxylic acids is 2. The largest absolute Gasteiger partial charge is 0.497 e. The van der Waals surface area contributed by atoms with Crippen LogP contribution in [0.4, 0.5) is 10.1 Å². The highest BCUT2D eigenvalue weighted by atomic mass is 32.2. The standard InChI is InChI=1S/C29H34FN3O5S/c1-4-19-31-29(35)27(5-2)32(20-22-11-15-25(38-3)16-12-22)28(34)21-33(24-9-7-6-8-10-24)39(36,37)26-17-13-23(30)14-18-26/h6-18,27H,4-5,19-21H2,1-3H3,(H,31,35)/t27-/m1/s1. The molecule has 10 heteroatoms. The lowest BCUT2D eigenvalue weighted by molar-refractivity contribution is -0.140. The van der Waals surface area contributed by atoms with E-state index in [0.717, 1.165) is 40.6 Å². The molecule has 1 atom stereocenters. The SMILES string of the molecule is CCCNC(=O)[C@@H](CC)N(Cc1ccc(OC)cc1)C(=O)CN(c1ccccc1)S(=O)(=O)c1ccc(F)cc1. The minimum Gasteiger partial charge on any atom is -0.497 e. The fraction of sp³-hybridized carbons (Fsp3) is 0.310. The van der Waals surface area contributed by atoms with Gasteiger partial charge in [-0.1, -0.05) is 44.2 Å². The van der Waals surface area contributed by atoms with E-state index in [2.05, 4.69) is 5.32 Å². The molecule has 0 aliphatic rings. The molecule has 0 heterocycles. The molecule has 1 N–H and O–H groups in total. The number of benzene rings is 3. The van der Waals surface area contributed by atoms with Crippen molar-refractivity contribution in [1.29, 1.82) is 0 Å². The van der Waals surface area contributed by atoms with Crippen LogP contribution in [0.15, 0.2) is 83.8 Å². The van der Waals surface area contributed by atoms with Crippen molar-refractivity contribution in [2.75, 3.05) is 24.5 Å². The second-order valence-electron chi connectivity index (χ2n) is 8.89. The quantitative estimate of drug-likeness (QED) is 0.338. The zero-order chi connectivity index (χ0) is 28.4. The molecule has 2 amide bonds. The second kappa shape index (κ2) is 13.7. The Morgan fingerprint density at radius 2 is 1.59 bits per heavy atom.